The van der Waals surface area contributed by atoms with Gasteiger partial charge >= 0.3 is 0 Å². The Morgan fingerprint density at radius 3 is 2.52 bits per heavy atom. The number of hydrogen-bond donors (Lipinski definition) is 2. The van der Waals surface area contributed by atoms with Gasteiger partial charge in [-0.15, -0.1) is 24.0 Å². The van der Waals surface area contributed by atoms with Gasteiger partial charge in [-0.3, -0.25) is 9.69 Å². The molecule has 0 aliphatic carbocycles. The van der Waals surface area contributed by atoms with E-state index in [0.717, 1.165) is 44.5 Å². The first-order valence-corrected chi connectivity index (χ1v) is 11.7. The fourth-order valence-corrected chi connectivity index (χ4v) is 4.45. The van der Waals surface area contributed by atoms with Gasteiger partial charge in [0.15, 0.2) is 5.96 Å². The van der Waals surface area contributed by atoms with Crippen molar-refractivity contribution >= 4 is 35.8 Å². The number of carbonyl (C=O) groups is 1. The molecule has 2 fully saturated rings. The molecule has 2 N–H and O–H groups in total. The summed E-state index contributed by atoms with van der Waals surface area (Å²) in [6, 6.07) is 9.17. The molecule has 0 spiro atoms. The van der Waals surface area contributed by atoms with Crippen LogP contribution in [-0.2, 0) is 17.9 Å². The Labute approximate surface area is 205 Å². The monoisotopic (exact) mass is 541 g/mol. The van der Waals surface area contributed by atoms with Crippen molar-refractivity contribution in [2.75, 3.05) is 32.7 Å². The fourth-order valence-electron chi connectivity index (χ4n) is 4.45. The van der Waals surface area contributed by atoms with Crippen LogP contribution in [-0.4, -0.2) is 60.4 Å². The molecular weight excluding hydrogens is 501 g/mol. The first-order chi connectivity index (χ1) is 14.6. The van der Waals surface area contributed by atoms with Crippen LogP contribution in [0.3, 0.4) is 0 Å². The Morgan fingerprint density at radius 1 is 1.10 bits per heavy atom. The molecule has 174 valence electrons. The van der Waals surface area contributed by atoms with E-state index in [4.69, 9.17) is 4.99 Å². The van der Waals surface area contributed by atoms with E-state index in [-0.39, 0.29) is 35.9 Å². The van der Waals surface area contributed by atoms with E-state index >= 15 is 0 Å². The summed E-state index contributed by atoms with van der Waals surface area (Å²) in [5.41, 5.74) is 2.60. The van der Waals surface area contributed by atoms with Gasteiger partial charge in [0.1, 0.15) is 0 Å². The lowest BCUT2D eigenvalue weighted by Gasteiger charge is -2.30. The van der Waals surface area contributed by atoms with E-state index in [9.17, 15) is 4.79 Å². The third kappa shape index (κ3) is 8.25. The lowest BCUT2D eigenvalue weighted by atomic mass is 9.99. The standard InChI is InChI=1S/C24H39N5O.HI/c1-4-23(30)29-14-12-22(18-29)27-24(25-5-2)26-15-20-8-10-21(11-9-20)17-28-13-6-7-19(3)16-28;/h8-11,19,22H,4-7,12-18H2,1-3H3,(H2,25,26,27);1H. The van der Waals surface area contributed by atoms with Crippen LogP contribution in [0, 0.1) is 5.92 Å². The Morgan fingerprint density at radius 2 is 1.84 bits per heavy atom. The summed E-state index contributed by atoms with van der Waals surface area (Å²) in [6.45, 7) is 12.9. The van der Waals surface area contributed by atoms with Crippen molar-refractivity contribution in [3.63, 3.8) is 0 Å². The van der Waals surface area contributed by atoms with Gasteiger partial charge in [-0.05, 0) is 49.8 Å². The highest BCUT2D eigenvalue weighted by Gasteiger charge is 2.25. The molecule has 2 aliphatic rings. The number of guanidine groups is 1. The van der Waals surface area contributed by atoms with E-state index in [0.29, 0.717) is 13.0 Å². The maximum atomic E-state index is 11.9. The molecule has 2 atom stereocenters. The molecule has 0 bridgehead atoms. The van der Waals surface area contributed by atoms with Crippen molar-refractivity contribution in [1.29, 1.82) is 0 Å². The molecule has 2 saturated heterocycles. The lowest BCUT2D eigenvalue weighted by Crippen LogP contribution is -2.45. The minimum atomic E-state index is 0. The van der Waals surface area contributed by atoms with Gasteiger partial charge < -0.3 is 15.5 Å². The summed E-state index contributed by atoms with van der Waals surface area (Å²) < 4.78 is 0. The predicted octanol–water partition coefficient (Wildman–Crippen LogP) is 3.60. The van der Waals surface area contributed by atoms with Gasteiger partial charge in [0.2, 0.25) is 5.91 Å². The minimum absolute atomic E-state index is 0. The highest BCUT2D eigenvalue weighted by atomic mass is 127. The Balaban J connectivity index is 0.00000341. The molecule has 1 aromatic carbocycles. The van der Waals surface area contributed by atoms with Crippen LogP contribution in [0.1, 0.15) is 57.6 Å². The molecule has 1 aromatic rings. The topological polar surface area (TPSA) is 60.0 Å². The number of piperidine rings is 1. The van der Waals surface area contributed by atoms with Gasteiger partial charge in [-0.2, -0.15) is 0 Å². The first kappa shape index (κ1) is 25.9. The van der Waals surface area contributed by atoms with Crippen LogP contribution in [0.15, 0.2) is 29.3 Å². The van der Waals surface area contributed by atoms with Crippen molar-refractivity contribution in [3.05, 3.63) is 35.4 Å². The van der Waals surface area contributed by atoms with Crippen molar-refractivity contribution in [2.45, 2.75) is 65.6 Å². The number of likely N-dealkylation sites (tertiary alicyclic amines) is 2. The quantitative estimate of drug-likeness (QED) is 0.315. The molecule has 2 aliphatic heterocycles. The van der Waals surface area contributed by atoms with Crippen molar-refractivity contribution in [1.82, 2.24) is 20.4 Å². The Hall–Kier alpha value is -1.35. The molecule has 6 nitrogen and oxygen atoms in total. The van der Waals surface area contributed by atoms with Gasteiger partial charge in [0.05, 0.1) is 6.54 Å². The maximum absolute atomic E-state index is 11.9. The van der Waals surface area contributed by atoms with Crippen molar-refractivity contribution in [2.24, 2.45) is 10.9 Å². The van der Waals surface area contributed by atoms with Gasteiger partial charge in [-0.1, -0.05) is 38.1 Å². The molecule has 0 saturated carbocycles. The minimum Gasteiger partial charge on any atom is -0.357 e. The maximum Gasteiger partial charge on any atom is 0.222 e. The van der Waals surface area contributed by atoms with E-state index in [2.05, 4.69) is 53.6 Å². The normalized spacial score (nSPS) is 22.2. The number of aliphatic imine (C=N–C) groups is 1. The van der Waals surface area contributed by atoms with Crippen LogP contribution in [0.4, 0.5) is 0 Å². The zero-order valence-corrected chi connectivity index (χ0v) is 21.7. The number of benzene rings is 1. The number of amides is 1. The van der Waals surface area contributed by atoms with Gasteiger partial charge in [-0.25, -0.2) is 4.99 Å². The van der Waals surface area contributed by atoms with Crippen molar-refractivity contribution < 1.29 is 4.79 Å². The van der Waals surface area contributed by atoms with Gasteiger partial charge in [0, 0.05) is 45.2 Å². The number of rotatable bonds is 7. The second-order valence-corrected chi connectivity index (χ2v) is 8.82. The zero-order valence-electron chi connectivity index (χ0n) is 19.4. The van der Waals surface area contributed by atoms with Gasteiger partial charge in [0.25, 0.3) is 0 Å². The van der Waals surface area contributed by atoms with E-state index < -0.39 is 0 Å². The van der Waals surface area contributed by atoms with Crippen LogP contribution in [0.25, 0.3) is 0 Å². The summed E-state index contributed by atoms with van der Waals surface area (Å²) in [5.74, 6) is 1.89. The van der Waals surface area contributed by atoms with Crippen LogP contribution >= 0.6 is 24.0 Å². The molecule has 0 aromatic heterocycles. The second kappa shape index (κ2) is 13.3. The SMILES string of the molecule is CCNC(=NCc1ccc(CN2CCCC(C)C2)cc1)NC1CCN(C(=O)CC)C1.I. The van der Waals surface area contributed by atoms with Crippen molar-refractivity contribution in [3.8, 4) is 0 Å². The first-order valence-electron chi connectivity index (χ1n) is 11.7. The summed E-state index contributed by atoms with van der Waals surface area (Å²) in [7, 11) is 0. The molecule has 1 amide bonds. The summed E-state index contributed by atoms with van der Waals surface area (Å²) >= 11 is 0. The largest absolute Gasteiger partial charge is 0.357 e. The number of nitrogens with zero attached hydrogens (tertiary/aromatic N) is 3. The summed E-state index contributed by atoms with van der Waals surface area (Å²) in [5, 5.41) is 6.84. The number of hydrogen-bond acceptors (Lipinski definition) is 3. The highest BCUT2D eigenvalue weighted by Crippen LogP contribution is 2.18. The third-order valence-electron chi connectivity index (χ3n) is 6.12. The molecule has 3 rings (SSSR count). The highest BCUT2D eigenvalue weighted by molar-refractivity contribution is 14.0. The van der Waals surface area contributed by atoms with E-state index in [1.807, 2.05) is 11.8 Å². The Bertz CT molecular complexity index is 708. The lowest BCUT2D eigenvalue weighted by molar-refractivity contribution is -0.129. The number of halogens is 1. The summed E-state index contributed by atoms with van der Waals surface area (Å²) in [6.07, 6.45) is 4.23. The molecule has 2 heterocycles. The average molecular weight is 542 g/mol. The average Bonchev–Trinajstić information content (AvgIpc) is 3.21. The molecular formula is C24H40IN5O. The zero-order chi connectivity index (χ0) is 21.3. The second-order valence-electron chi connectivity index (χ2n) is 8.82. The van der Waals surface area contributed by atoms with E-state index in [1.165, 1.54) is 37.1 Å². The molecule has 31 heavy (non-hydrogen) atoms. The van der Waals surface area contributed by atoms with Crippen LogP contribution in [0.5, 0.6) is 0 Å². The number of carbonyl (C=O) groups excluding carboxylic acids is 1. The van der Waals surface area contributed by atoms with Crippen LogP contribution < -0.4 is 10.6 Å². The summed E-state index contributed by atoms with van der Waals surface area (Å²) in [4.78, 5) is 21.2. The molecule has 7 heteroatoms. The Kier molecular flexibility index (Phi) is 11.1. The fraction of sp³-hybridized carbons (Fsp3) is 0.667. The smallest absolute Gasteiger partial charge is 0.222 e. The van der Waals surface area contributed by atoms with Crippen LogP contribution in [0.2, 0.25) is 0 Å². The molecule has 2 unspecified atom stereocenters. The predicted molar refractivity (Wildman–Crippen MR) is 139 cm³/mol. The molecule has 0 radical (unpaired) electrons. The third-order valence-corrected chi connectivity index (χ3v) is 6.12. The number of nitrogens with one attached hydrogen (secondary N) is 2. The van der Waals surface area contributed by atoms with E-state index in [1.54, 1.807) is 0 Å².